The molecule has 2 aromatic rings. The summed E-state index contributed by atoms with van der Waals surface area (Å²) in [4.78, 5) is 0. The summed E-state index contributed by atoms with van der Waals surface area (Å²) >= 11 is 4.83. The summed E-state index contributed by atoms with van der Waals surface area (Å²) < 4.78 is 7.80. The minimum absolute atomic E-state index is 0.115. The van der Waals surface area contributed by atoms with Crippen molar-refractivity contribution in [3.63, 3.8) is 0 Å². The van der Waals surface area contributed by atoms with Crippen molar-refractivity contribution < 1.29 is 4.74 Å². The number of nitrogens with zero attached hydrogens (tertiary/aromatic N) is 1. The zero-order valence-corrected chi connectivity index (χ0v) is 15.4. The van der Waals surface area contributed by atoms with Crippen LogP contribution in [0.3, 0.4) is 0 Å². The van der Waals surface area contributed by atoms with Gasteiger partial charge in [-0.05, 0) is 26.0 Å². The average molecular weight is 317 g/mol. The molecule has 22 heavy (non-hydrogen) atoms. The first-order chi connectivity index (χ1) is 10.2. The summed E-state index contributed by atoms with van der Waals surface area (Å²) in [5.74, 6) is 0.906. The highest BCUT2D eigenvalue weighted by Gasteiger charge is 2.38. The minimum Gasteiger partial charge on any atom is -0.492 e. The van der Waals surface area contributed by atoms with E-state index in [4.69, 9.17) is 17.4 Å². The Morgan fingerprint density at radius 2 is 1.68 bits per heavy atom. The molecule has 0 N–H and O–H groups in total. The fourth-order valence-electron chi connectivity index (χ4n) is 2.40. The molecule has 0 aliphatic carbocycles. The second-order valence-corrected chi connectivity index (χ2v) is 8.00. The molecule has 0 saturated carbocycles. The van der Waals surface area contributed by atoms with Gasteiger partial charge in [0.15, 0.2) is 0 Å². The number of benzene rings is 1. The Labute approximate surface area is 139 Å². The lowest BCUT2D eigenvalue weighted by molar-refractivity contribution is 0.340. The van der Waals surface area contributed by atoms with E-state index in [0.29, 0.717) is 6.61 Å². The zero-order chi connectivity index (χ0) is 16.5. The van der Waals surface area contributed by atoms with E-state index in [9.17, 15) is 0 Å². The molecule has 2 nitrogen and oxygen atoms in total. The molecule has 0 amide bonds. The first-order valence-corrected chi connectivity index (χ1v) is 8.26. The minimum atomic E-state index is -0.155. The van der Waals surface area contributed by atoms with Crippen molar-refractivity contribution in [3.8, 4) is 11.4 Å². The molecule has 1 heterocycles. The summed E-state index contributed by atoms with van der Waals surface area (Å²) in [7, 11) is 0. The quantitative estimate of drug-likeness (QED) is 0.751. The molecule has 0 aliphatic rings. The van der Waals surface area contributed by atoms with Crippen LogP contribution < -0.4 is 4.74 Å². The van der Waals surface area contributed by atoms with Crippen molar-refractivity contribution in [1.82, 2.24) is 4.57 Å². The number of hydrogen-bond donors (Lipinski definition) is 1. The highest BCUT2D eigenvalue weighted by atomic mass is 32.1. The van der Waals surface area contributed by atoms with Gasteiger partial charge in [-0.3, -0.25) is 0 Å². The lowest BCUT2D eigenvalue weighted by atomic mass is 9.77. The predicted molar refractivity (Wildman–Crippen MR) is 97.8 cm³/mol. The van der Waals surface area contributed by atoms with Crippen molar-refractivity contribution >= 4 is 12.6 Å². The van der Waals surface area contributed by atoms with Crippen molar-refractivity contribution in [2.45, 2.75) is 51.7 Å². The van der Waals surface area contributed by atoms with Gasteiger partial charge in [-0.15, -0.1) is 0 Å². The number of aryl methyl sites for hydroxylation is 1. The van der Waals surface area contributed by atoms with E-state index in [-0.39, 0.29) is 10.2 Å². The molecule has 0 atom stereocenters. The molecule has 0 radical (unpaired) electrons. The van der Waals surface area contributed by atoms with Crippen LogP contribution in [0, 0.1) is 6.92 Å². The summed E-state index contributed by atoms with van der Waals surface area (Å²) in [5.41, 5.74) is 3.50. The van der Waals surface area contributed by atoms with E-state index in [2.05, 4.69) is 75.7 Å². The number of thiol groups is 1. The van der Waals surface area contributed by atoms with Crippen LogP contribution in [0.4, 0.5) is 0 Å². The third-order valence-electron chi connectivity index (χ3n) is 4.59. The van der Waals surface area contributed by atoms with Gasteiger partial charge in [0, 0.05) is 27.6 Å². The van der Waals surface area contributed by atoms with Gasteiger partial charge in [0.25, 0.3) is 0 Å². The average Bonchev–Trinajstić information content (AvgIpc) is 2.83. The van der Waals surface area contributed by atoms with Gasteiger partial charge in [-0.2, -0.15) is 12.6 Å². The third kappa shape index (κ3) is 3.19. The van der Waals surface area contributed by atoms with Gasteiger partial charge >= 0.3 is 0 Å². The molecule has 1 aromatic heterocycles. The van der Waals surface area contributed by atoms with Crippen LogP contribution in [0.25, 0.3) is 5.69 Å². The van der Waals surface area contributed by atoms with E-state index < -0.39 is 0 Å². The van der Waals surface area contributed by atoms with Gasteiger partial charge in [0.05, 0.1) is 12.8 Å². The lowest BCUT2D eigenvalue weighted by Crippen LogP contribution is -2.39. The molecule has 0 bridgehead atoms. The Bertz CT molecular complexity index is 632. The van der Waals surface area contributed by atoms with Crippen LogP contribution in [0.1, 0.15) is 45.9 Å². The number of hydrogen-bond acceptors (Lipinski definition) is 2. The second-order valence-electron chi connectivity index (χ2n) is 6.88. The molecule has 3 heteroatoms. The molecule has 0 saturated heterocycles. The first kappa shape index (κ1) is 17.0. The van der Waals surface area contributed by atoms with Crippen LogP contribution in [0.5, 0.6) is 5.75 Å². The molecule has 120 valence electrons. The zero-order valence-electron chi connectivity index (χ0n) is 14.5. The summed E-state index contributed by atoms with van der Waals surface area (Å²) in [5, 5.41) is 0. The molecule has 2 rings (SSSR count). The summed E-state index contributed by atoms with van der Waals surface area (Å²) in [6, 6.07) is 10.7. The lowest BCUT2D eigenvalue weighted by Gasteiger charge is -2.38. The van der Waals surface area contributed by atoms with Crippen LogP contribution in [-0.4, -0.2) is 15.9 Å². The SMILES string of the molecule is CCOc1cc(C(C)(C)C(C)(C)S)n(-c2ccc(C)cc2)c1. The maximum Gasteiger partial charge on any atom is 0.137 e. The summed E-state index contributed by atoms with van der Waals surface area (Å²) in [6.07, 6.45) is 2.07. The van der Waals surface area contributed by atoms with Crippen LogP contribution in [0.15, 0.2) is 36.5 Å². The second kappa shape index (κ2) is 6.04. The largest absolute Gasteiger partial charge is 0.492 e. The van der Waals surface area contributed by atoms with Crippen molar-refractivity contribution in [3.05, 3.63) is 47.8 Å². The Hall–Kier alpha value is -1.35. The molecule has 0 fully saturated rings. The fourth-order valence-corrected chi connectivity index (χ4v) is 2.51. The molecule has 1 aromatic carbocycles. The van der Waals surface area contributed by atoms with Crippen molar-refractivity contribution in [2.24, 2.45) is 0 Å². The Balaban J connectivity index is 2.59. The predicted octanol–water partition coefficient (Wildman–Crippen LogP) is 5.17. The number of aromatic nitrogens is 1. The fraction of sp³-hybridized carbons (Fsp3) is 0.474. The Kier molecular flexibility index (Phi) is 4.67. The maximum atomic E-state index is 5.73. The van der Waals surface area contributed by atoms with E-state index in [1.807, 2.05) is 6.92 Å². The Morgan fingerprint density at radius 1 is 1.09 bits per heavy atom. The van der Waals surface area contributed by atoms with E-state index in [1.165, 1.54) is 11.3 Å². The van der Waals surface area contributed by atoms with Crippen molar-refractivity contribution in [2.75, 3.05) is 6.61 Å². The standard InChI is InChI=1S/C19H27NOS/c1-7-21-16-12-17(18(3,4)19(5,6)22)20(13-16)15-10-8-14(2)9-11-15/h8-13,22H,7H2,1-6H3. The molecule has 0 spiro atoms. The van der Waals surface area contributed by atoms with Crippen LogP contribution >= 0.6 is 12.6 Å². The van der Waals surface area contributed by atoms with Gasteiger partial charge in [-0.25, -0.2) is 0 Å². The van der Waals surface area contributed by atoms with E-state index in [1.54, 1.807) is 0 Å². The highest BCUT2D eigenvalue weighted by Crippen LogP contribution is 2.41. The van der Waals surface area contributed by atoms with E-state index in [0.717, 1.165) is 11.4 Å². The monoisotopic (exact) mass is 317 g/mol. The molecule has 0 aliphatic heterocycles. The van der Waals surface area contributed by atoms with Crippen molar-refractivity contribution in [1.29, 1.82) is 0 Å². The van der Waals surface area contributed by atoms with Gasteiger partial charge in [-0.1, -0.05) is 45.4 Å². The van der Waals surface area contributed by atoms with Gasteiger partial charge in [0.2, 0.25) is 0 Å². The number of rotatable bonds is 5. The number of ether oxygens (including phenoxy) is 1. The van der Waals surface area contributed by atoms with Gasteiger partial charge < -0.3 is 9.30 Å². The molecular weight excluding hydrogens is 290 g/mol. The molecular formula is C19H27NOS. The first-order valence-electron chi connectivity index (χ1n) is 7.82. The Morgan fingerprint density at radius 3 is 2.18 bits per heavy atom. The smallest absolute Gasteiger partial charge is 0.137 e. The normalized spacial score (nSPS) is 12.5. The molecule has 0 unspecified atom stereocenters. The van der Waals surface area contributed by atoms with Crippen LogP contribution in [0.2, 0.25) is 0 Å². The van der Waals surface area contributed by atoms with E-state index >= 15 is 0 Å². The maximum absolute atomic E-state index is 5.73. The third-order valence-corrected chi connectivity index (χ3v) is 5.15. The van der Waals surface area contributed by atoms with Gasteiger partial charge in [0.1, 0.15) is 5.75 Å². The summed E-state index contributed by atoms with van der Waals surface area (Å²) in [6.45, 7) is 13.6. The highest BCUT2D eigenvalue weighted by molar-refractivity contribution is 7.81. The topological polar surface area (TPSA) is 14.2 Å². The van der Waals surface area contributed by atoms with Crippen LogP contribution in [-0.2, 0) is 5.41 Å².